The zero-order valence-electron chi connectivity index (χ0n) is 4.39. The minimum absolute atomic E-state index is 0.306. The molecule has 0 saturated carbocycles. The van der Waals surface area contributed by atoms with E-state index in [2.05, 4.69) is 0 Å². The maximum Gasteiger partial charge on any atom is 0.177 e. The monoisotopic (exact) mass is 144 g/mol. The van der Waals surface area contributed by atoms with Gasteiger partial charge in [-0.2, -0.15) is 0 Å². The molecule has 0 saturated heterocycles. The van der Waals surface area contributed by atoms with Crippen LogP contribution in [0.5, 0.6) is 0 Å². The first-order valence-electron chi connectivity index (χ1n) is 1.87. The fourth-order valence-electron chi connectivity index (χ4n) is 0. The van der Waals surface area contributed by atoms with Crippen LogP contribution in [0.2, 0.25) is 0 Å². The summed E-state index contributed by atoms with van der Waals surface area (Å²) < 4.78 is 8.57. The van der Waals surface area contributed by atoms with Gasteiger partial charge in [-0.15, -0.1) is 11.6 Å². The van der Waals surface area contributed by atoms with Gasteiger partial charge in [0.05, 0.1) is 0 Å². The Bertz CT molecular complexity index is 37.2. The van der Waals surface area contributed by atoms with E-state index < -0.39 is 8.69 Å². The standard InChI is InChI=1S/C3H7Cl.H3O2P/c1-3(2)4;1-3-2/h3H,1-2H3;3H2,(H,1,2). The van der Waals surface area contributed by atoms with Crippen molar-refractivity contribution in [3.8, 4) is 0 Å². The molecular weight excluding hydrogens is 134 g/mol. The Labute approximate surface area is 49.8 Å². The summed E-state index contributed by atoms with van der Waals surface area (Å²) in [5.74, 6) is 0. The van der Waals surface area contributed by atoms with E-state index >= 15 is 0 Å². The lowest BCUT2D eigenvalue weighted by Gasteiger charge is -1.76. The molecular formula is C3H10ClO2P. The smallest absolute Gasteiger partial charge is 0.177 e. The molecule has 7 heavy (non-hydrogen) atoms. The van der Waals surface area contributed by atoms with Gasteiger partial charge in [0.2, 0.25) is 0 Å². The van der Waals surface area contributed by atoms with Gasteiger partial charge in [0.1, 0.15) is 0 Å². The van der Waals surface area contributed by atoms with Crippen molar-refractivity contribution in [3.63, 3.8) is 0 Å². The van der Waals surface area contributed by atoms with Gasteiger partial charge in [-0.25, -0.2) is 0 Å². The van der Waals surface area contributed by atoms with E-state index in [-0.39, 0.29) is 0 Å². The van der Waals surface area contributed by atoms with E-state index in [1.54, 1.807) is 0 Å². The van der Waals surface area contributed by atoms with Gasteiger partial charge in [0, 0.05) is 5.38 Å². The topological polar surface area (TPSA) is 37.3 Å². The molecule has 2 nitrogen and oxygen atoms in total. The molecule has 0 spiro atoms. The third-order valence-corrected chi connectivity index (χ3v) is 0. The van der Waals surface area contributed by atoms with Crippen LogP contribution in [0.4, 0.5) is 0 Å². The summed E-state index contributed by atoms with van der Waals surface area (Å²) in [5, 5.41) is 0.306. The lowest BCUT2D eigenvalue weighted by Crippen LogP contribution is -1.70. The van der Waals surface area contributed by atoms with Crippen molar-refractivity contribution in [1.82, 2.24) is 0 Å². The molecule has 4 heteroatoms. The minimum Gasteiger partial charge on any atom is -0.348 e. The summed E-state index contributed by atoms with van der Waals surface area (Å²) in [6.07, 6.45) is 0. The molecule has 0 aliphatic carbocycles. The third-order valence-electron chi connectivity index (χ3n) is 0. The number of halogens is 1. The minimum atomic E-state index is -1.50. The second-order valence-electron chi connectivity index (χ2n) is 1.12. The second-order valence-corrected chi connectivity index (χ2v) is 2.20. The predicted molar refractivity (Wildman–Crippen MR) is 33.6 cm³/mol. The van der Waals surface area contributed by atoms with Crippen LogP contribution in [-0.2, 0) is 4.57 Å². The summed E-state index contributed by atoms with van der Waals surface area (Å²) in [4.78, 5) is 7.10. The zero-order valence-corrected chi connectivity index (χ0v) is 6.30. The quantitative estimate of drug-likeness (QED) is 0.411. The molecule has 46 valence electrons. The summed E-state index contributed by atoms with van der Waals surface area (Å²) in [5.41, 5.74) is 0. The van der Waals surface area contributed by atoms with Crippen molar-refractivity contribution < 1.29 is 9.46 Å². The van der Waals surface area contributed by atoms with Crippen LogP contribution in [-0.4, -0.2) is 10.3 Å². The molecule has 0 bridgehead atoms. The molecule has 0 aromatic carbocycles. The Balaban J connectivity index is 0. The van der Waals surface area contributed by atoms with Crippen molar-refractivity contribution in [3.05, 3.63) is 0 Å². The van der Waals surface area contributed by atoms with Crippen molar-refractivity contribution in [2.24, 2.45) is 0 Å². The highest BCUT2D eigenvalue weighted by Crippen LogP contribution is 1.84. The summed E-state index contributed by atoms with van der Waals surface area (Å²) >= 11 is 5.27. The molecule has 0 fully saturated rings. The van der Waals surface area contributed by atoms with E-state index in [0.29, 0.717) is 5.38 Å². The van der Waals surface area contributed by atoms with E-state index in [1.807, 2.05) is 13.8 Å². The fourth-order valence-corrected chi connectivity index (χ4v) is 0. The largest absolute Gasteiger partial charge is 0.348 e. The van der Waals surface area contributed by atoms with Gasteiger partial charge in [0.25, 0.3) is 0 Å². The predicted octanol–water partition coefficient (Wildman–Crippen LogP) is 1.28. The average molecular weight is 145 g/mol. The van der Waals surface area contributed by atoms with Gasteiger partial charge < -0.3 is 4.89 Å². The van der Waals surface area contributed by atoms with Crippen LogP contribution in [0.25, 0.3) is 0 Å². The normalized spacial score (nSPS) is 9.29. The first kappa shape index (κ1) is 10.5. The number of alkyl halides is 1. The number of hydrogen-bond donors (Lipinski definition) is 1. The maximum atomic E-state index is 8.57. The molecule has 0 aliphatic rings. The van der Waals surface area contributed by atoms with Crippen molar-refractivity contribution in [1.29, 1.82) is 0 Å². The Kier molecular flexibility index (Phi) is 14.5. The first-order valence-corrected chi connectivity index (χ1v) is 3.29. The van der Waals surface area contributed by atoms with E-state index in [0.717, 1.165) is 0 Å². The maximum absolute atomic E-state index is 8.57. The van der Waals surface area contributed by atoms with Crippen LogP contribution in [0, 0.1) is 0 Å². The summed E-state index contributed by atoms with van der Waals surface area (Å²) in [6.45, 7) is 3.86. The van der Waals surface area contributed by atoms with Gasteiger partial charge in [-0.3, -0.25) is 4.57 Å². The molecule has 1 atom stereocenters. The molecule has 0 aromatic rings. The Morgan fingerprint density at radius 3 is 1.71 bits per heavy atom. The Morgan fingerprint density at radius 2 is 1.71 bits per heavy atom. The van der Waals surface area contributed by atoms with Gasteiger partial charge in [-0.05, 0) is 13.8 Å². The van der Waals surface area contributed by atoms with Crippen molar-refractivity contribution in [2.75, 3.05) is 0 Å². The fraction of sp³-hybridized carbons (Fsp3) is 1.00. The van der Waals surface area contributed by atoms with Gasteiger partial charge in [-0.1, -0.05) is 0 Å². The van der Waals surface area contributed by atoms with Crippen LogP contribution in [0.15, 0.2) is 0 Å². The van der Waals surface area contributed by atoms with Crippen LogP contribution in [0.3, 0.4) is 0 Å². The highest BCUT2D eigenvalue weighted by molar-refractivity contribution is 7.16. The second kappa shape index (κ2) is 9.70. The highest BCUT2D eigenvalue weighted by Gasteiger charge is 1.71. The van der Waals surface area contributed by atoms with Crippen molar-refractivity contribution >= 4 is 20.3 Å². The van der Waals surface area contributed by atoms with E-state index in [9.17, 15) is 0 Å². The molecule has 1 unspecified atom stereocenters. The Hall–Kier alpha value is 0.480. The zero-order chi connectivity index (χ0) is 6.28. The lowest BCUT2D eigenvalue weighted by atomic mass is 10.6. The molecule has 0 aromatic heterocycles. The van der Waals surface area contributed by atoms with E-state index in [4.69, 9.17) is 21.1 Å². The molecule has 0 rings (SSSR count). The highest BCUT2D eigenvalue weighted by atomic mass is 35.5. The van der Waals surface area contributed by atoms with Gasteiger partial charge >= 0.3 is 0 Å². The van der Waals surface area contributed by atoms with Crippen LogP contribution < -0.4 is 0 Å². The summed E-state index contributed by atoms with van der Waals surface area (Å²) in [6, 6.07) is 0. The lowest BCUT2D eigenvalue weighted by molar-refractivity contribution is 0.524. The number of rotatable bonds is 0. The number of hydrogen-bond acceptors (Lipinski definition) is 1. The molecule has 0 amide bonds. The van der Waals surface area contributed by atoms with E-state index in [1.165, 1.54) is 0 Å². The van der Waals surface area contributed by atoms with Crippen LogP contribution in [0.1, 0.15) is 13.8 Å². The average Bonchev–Trinajstić information content (AvgIpc) is 1.33. The Morgan fingerprint density at radius 1 is 1.71 bits per heavy atom. The van der Waals surface area contributed by atoms with Gasteiger partial charge in [0.15, 0.2) is 8.69 Å². The first-order chi connectivity index (χ1) is 3.15. The molecule has 1 N–H and O–H groups in total. The molecule has 0 heterocycles. The van der Waals surface area contributed by atoms with Crippen LogP contribution >= 0.6 is 20.3 Å². The SMILES string of the molecule is CC(C)Cl.O=[PH2]O. The molecule has 0 aliphatic heterocycles. The van der Waals surface area contributed by atoms with Crippen molar-refractivity contribution in [2.45, 2.75) is 19.2 Å². The summed E-state index contributed by atoms with van der Waals surface area (Å²) in [7, 11) is -1.50. The molecule has 0 radical (unpaired) electrons. The third kappa shape index (κ3) is 564.